The molecule has 3 rings (SSSR count). The van der Waals surface area contributed by atoms with Crippen LogP contribution in [0.5, 0.6) is 0 Å². The maximum absolute atomic E-state index is 12.4. The fourth-order valence-corrected chi connectivity index (χ4v) is 4.83. The molecule has 0 bridgehead atoms. The van der Waals surface area contributed by atoms with Crippen molar-refractivity contribution in [1.82, 2.24) is 14.1 Å². The highest BCUT2D eigenvalue weighted by Gasteiger charge is 2.25. The predicted octanol–water partition coefficient (Wildman–Crippen LogP) is 1.84. The van der Waals surface area contributed by atoms with Gasteiger partial charge < -0.3 is 5.73 Å². The molecule has 0 saturated heterocycles. The van der Waals surface area contributed by atoms with E-state index in [1.807, 2.05) is 0 Å². The van der Waals surface area contributed by atoms with E-state index in [0.29, 0.717) is 17.4 Å². The second-order valence-electron chi connectivity index (χ2n) is 5.21. The Bertz CT molecular complexity index is 698. The topological polar surface area (TPSA) is 89.5 Å². The zero-order chi connectivity index (χ0) is 14.2. The average Bonchev–Trinajstić information content (AvgIpc) is 2.97. The molecule has 1 saturated carbocycles. The maximum Gasteiger partial charge on any atom is 0.260 e. The smallest absolute Gasteiger partial charge is 0.260 e. The Morgan fingerprint density at radius 2 is 2.15 bits per heavy atom. The van der Waals surface area contributed by atoms with Crippen molar-refractivity contribution < 1.29 is 8.42 Å². The Hall–Kier alpha value is -1.12. The van der Waals surface area contributed by atoms with E-state index in [9.17, 15) is 8.42 Å². The summed E-state index contributed by atoms with van der Waals surface area (Å²) in [5.74, 6) is 0.499. The van der Waals surface area contributed by atoms with E-state index in [-0.39, 0.29) is 10.8 Å². The average molecular weight is 314 g/mol. The van der Waals surface area contributed by atoms with Gasteiger partial charge in [0.2, 0.25) is 0 Å². The van der Waals surface area contributed by atoms with Crippen LogP contribution in [-0.2, 0) is 10.0 Å². The first-order chi connectivity index (χ1) is 9.58. The zero-order valence-corrected chi connectivity index (χ0v) is 12.7. The van der Waals surface area contributed by atoms with Gasteiger partial charge in [-0.3, -0.25) is 4.40 Å². The Labute approximate surface area is 122 Å². The monoisotopic (exact) mass is 314 g/mol. The van der Waals surface area contributed by atoms with Gasteiger partial charge in [-0.25, -0.2) is 18.1 Å². The van der Waals surface area contributed by atoms with Gasteiger partial charge in [0, 0.05) is 18.1 Å². The van der Waals surface area contributed by atoms with Gasteiger partial charge in [0.15, 0.2) is 15.8 Å². The molecular weight excluding hydrogens is 296 g/mol. The van der Waals surface area contributed by atoms with Gasteiger partial charge in [-0.15, -0.1) is 11.3 Å². The number of anilines is 1. The van der Waals surface area contributed by atoms with Crippen LogP contribution in [0.25, 0.3) is 4.96 Å². The van der Waals surface area contributed by atoms with Gasteiger partial charge in [0.1, 0.15) is 0 Å². The number of nitrogens with two attached hydrogens (primary N) is 1. The zero-order valence-electron chi connectivity index (χ0n) is 11.1. The van der Waals surface area contributed by atoms with Crippen LogP contribution in [0.4, 0.5) is 5.82 Å². The van der Waals surface area contributed by atoms with Crippen molar-refractivity contribution in [1.29, 1.82) is 0 Å². The highest BCUT2D eigenvalue weighted by Crippen LogP contribution is 2.25. The van der Waals surface area contributed by atoms with Crippen LogP contribution in [0.1, 0.15) is 32.1 Å². The van der Waals surface area contributed by atoms with E-state index in [1.165, 1.54) is 35.0 Å². The summed E-state index contributed by atoms with van der Waals surface area (Å²) < 4.78 is 29.1. The molecular formula is C12H18N4O2S2. The van der Waals surface area contributed by atoms with E-state index in [2.05, 4.69) is 9.71 Å². The molecule has 0 radical (unpaired) electrons. The molecule has 1 aliphatic carbocycles. The van der Waals surface area contributed by atoms with Crippen molar-refractivity contribution in [2.24, 2.45) is 5.92 Å². The minimum absolute atomic E-state index is 0.0598. The van der Waals surface area contributed by atoms with Crippen LogP contribution in [0.2, 0.25) is 0 Å². The molecule has 1 fully saturated rings. The summed E-state index contributed by atoms with van der Waals surface area (Å²) in [6, 6.07) is 0. The summed E-state index contributed by atoms with van der Waals surface area (Å²) in [6.07, 6.45) is 7.51. The number of aromatic nitrogens is 2. The summed E-state index contributed by atoms with van der Waals surface area (Å²) in [5, 5.41) is 1.85. The number of hydrogen-bond acceptors (Lipinski definition) is 5. The molecule has 0 spiro atoms. The number of sulfonamides is 1. The lowest BCUT2D eigenvalue weighted by atomic mass is 9.90. The molecule has 20 heavy (non-hydrogen) atoms. The summed E-state index contributed by atoms with van der Waals surface area (Å²) >= 11 is 1.36. The van der Waals surface area contributed by atoms with Gasteiger partial charge in [-0.1, -0.05) is 19.3 Å². The fraction of sp³-hybridized carbons (Fsp3) is 0.583. The van der Waals surface area contributed by atoms with Crippen LogP contribution in [0.3, 0.4) is 0 Å². The Balaban J connectivity index is 1.80. The van der Waals surface area contributed by atoms with E-state index in [0.717, 1.165) is 12.8 Å². The molecule has 1 aliphatic rings. The predicted molar refractivity (Wildman–Crippen MR) is 79.2 cm³/mol. The number of thiazole rings is 1. The van der Waals surface area contributed by atoms with Crippen molar-refractivity contribution in [3.05, 3.63) is 11.6 Å². The Morgan fingerprint density at radius 1 is 1.40 bits per heavy atom. The van der Waals surface area contributed by atoms with Crippen LogP contribution < -0.4 is 10.5 Å². The fourth-order valence-electron chi connectivity index (χ4n) is 2.74. The number of nitrogens with zero attached hydrogens (tertiary/aromatic N) is 2. The van der Waals surface area contributed by atoms with E-state index in [4.69, 9.17) is 5.73 Å². The van der Waals surface area contributed by atoms with Crippen molar-refractivity contribution in [3.63, 3.8) is 0 Å². The molecule has 2 aromatic rings. The molecule has 0 aliphatic heterocycles. The summed E-state index contributed by atoms with van der Waals surface area (Å²) in [7, 11) is -3.61. The second-order valence-corrected chi connectivity index (χ2v) is 7.77. The van der Waals surface area contributed by atoms with Crippen molar-refractivity contribution in [3.8, 4) is 0 Å². The molecule has 6 nitrogen and oxygen atoms in total. The van der Waals surface area contributed by atoms with Crippen molar-refractivity contribution in [2.75, 3.05) is 12.3 Å². The number of nitrogen functional groups attached to an aromatic ring is 1. The molecule has 0 atom stereocenters. The maximum atomic E-state index is 12.4. The molecule has 2 heterocycles. The number of nitrogens with one attached hydrogen (secondary N) is 1. The molecule has 0 aromatic carbocycles. The van der Waals surface area contributed by atoms with E-state index in [1.54, 1.807) is 11.6 Å². The molecule has 0 amide bonds. The number of hydrogen-bond donors (Lipinski definition) is 2. The highest BCUT2D eigenvalue weighted by atomic mass is 32.2. The normalized spacial score (nSPS) is 17.8. The molecule has 0 unspecified atom stereocenters. The van der Waals surface area contributed by atoms with Gasteiger partial charge in [0.25, 0.3) is 10.0 Å². The van der Waals surface area contributed by atoms with Crippen molar-refractivity contribution in [2.45, 2.75) is 37.1 Å². The summed E-state index contributed by atoms with van der Waals surface area (Å²) in [6.45, 7) is 0.485. The van der Waals surface area contributed by atoms with Gasteiger partial charge in [0.05, 0.1) is 0 Å². The Morgan fingerprint density at radius 3 is 2.90 bits per heavy atom. The highest BCUT2D eigenvalue weighted by molar-refractivity contribution is 7.89. The number of imidazole rings is 1. The number of fused-ring (bicyclic) bond motifs is 1. The van der Waals surface area contributed by atoms with E-state index >= 15 is 0 Å². The van der Waals surface area contributed by atoms with Crippen LogP contribution >= 0.6 is 11.3 Å². The number of rotatable bonds is 4. The summed E-state index contributed by atoms with van der Waals surface area (Å²) in [4.78, 5) is 4.67. The first-order valence-electron chi connectivity index (χ1n) is 6.78. The Kier molecular flexibility index (Phi) is 3.70. The third kappa shape index (κ3) is 2.55. The lowest BCUT2D eigenvalue weighted by Crippen LogP contribution is -2.31. The molecule has 8 heteroatoms. The van der Waals surface area contributed by atoms with Gasteiger partial charge in [-0.2, -0.15) is 0 Å². The van der Waals surface area contributed by atoms with Crippen molar-refractivity contribution >= 4 is 32.1 Å². The standard InChI is InChI=1S/C12H18N4O2S2/c13-10-11(16-6-7-19-12(16)15-10)20(17,18)14-8-9-4-2-1-3-5-9/h6-7,9,14H,1-5,8,13H2. The molecule has 110 valence electrons. The lowest BCUT2D eigenvalue weighted by molar-refractivity contribution is 0.357. The first kappa shape index (κ1) is 13.8. The first-order valence-corrected chi connectivity index (χ1v) is 9.15. The van der Waals surface area contributed by atoms with Crippen LogP contribution in [0, 0.1) is 5.92 Å². The molecule has 3 N–H and O–H groups in total. The molecule has 2 aromatic heterocycles. The van der Waals surface area contributed by atoms with Crippen LogP contribution in [-0.4, -0.2) is 24.3 Å². The second kappa shape index (κ2) is 5.34. The SMILES string of the molecule is Nc1nc2sccn2c1S(=O)(=O)NCC1CCCCC1. The largest absolute Gasteiger partial charge is 0.381 e. The van der Waals surface area contributed by atoms with Gasteiger partial charge >= 0.3 is 0 Å². The quantitative estimate of drug-likeness (QED) is 0.901. The lowest BCUT2D eigenvalue weighted by Gasteiger charge is -2.21. The third-order valence-electron chi connectivity index (χ3n) is 3.78. The van der Waals surface area contributed by atoms with E-state index < -0.39 is 10.0 Å². The third-order valence-corrected chi connectivity index (χ3v) is 6.00. The summed E-state index contributed by atoms with van der Waals surface area (Å²) in [5.41, 5.74) is 5.75. The van der Waals surface area contributed by atoms with Crippen LogP contribution in [0.15, 0.2) is 16.6 Å². The minimum atomic E-state index is -3.61. The van der Waals surface area contributed by atoms with Gasteiger partial charge in [-0.05, 0) is 18.8 Å². The minimum Gasteiger partial charge on any atom is -0.381 e.